The smallest absolute Gasteiger partial charge is 0.294 e. The molecule has 3 rings (SSSR count). The number of nitrogens with zero attached hydrogens (tertiary/aromatic N) is 4. The average Bonchev–Trinajstić information content (AvgIpc) is 3.25. The maximum absolute atomic E-state index is 13.0. The SMILES string of the molecule is Cc1nn(-c2cccc(C(F)(F)F)c2)c(C)c1C(=O)C(=O)Nc1nnc(C(C)(C)C)s1. The number of benzene rings is 1. The van der Waals surface area contributed by atoms with Crippen LogP contribution in [-0.2, 0) is 16.4 Å². The highest BCUT2D eigenvalue weighted by Crippen LogP contribution is 2.31. The number of rotatable bonds is 4. The van der Waals surface area contributed by atoms with Crippen LogP contribution in [0.1, 0.15) is 53.1 Å². The Balaban J connectivity index is 1.89. The third kappa shape index (κ3) is 4.66. The van der Waals surface area contributed by atoms with Crippen LogP contribution in [0.3, 0.4) is 0 Å². The van der Waals surface area contributed by atoms with Crippen molar-refractivity contribution < 1.29 is 22.8 Å². The lowest BCUT2D eigenvalue weighted by atomic mass is 9.98. The first-order chi connectivity index (χ1) is 14.3. The van der Waals surface area contributed by atoms with Gasteiger partial charge >= 0.3 is 6.18 Å². The third-order valence-corrected chi connectivity index (χ3v) is 5.69. The topological polar surface area (TPSA) is 89.8 Å². The molecular weight excluding hydrogens is 431 g/mol. The Kier molecular flexibility index (Phi) is 5.74. The van der Waals surface area contributed by atoms with Gasteiger partial charge < -0.3 is 0 Å². The normalized spacial score (nSPS) is 12.1. The van der Waals surface area contributed by atoms with Crippen LogP contribution in [0.2, 0.25) is 0 Å². The van der Waals surface area contributed by atoms with Gasteiger partial charge in [0.05, 0.1) is 28.2 Å². The molecule has 0 aliphatic carbocycles. The van der Waals surface area contributed by atoms with E-state index in [1.165, 1.54) is 30.7 Å². The molecule has 0 fully saturated rings. The molecule has 2 aromatic heterocycles. The van der Waals surface area contributed by atoms with Gasteiger partial charge in [-0.1, -0.05) is 38.2 Å². The molecule has 0 bridgehead atoms. The fourth-order valence-electron chi connectivity index (χ4n) is 2.88. The maximum Gasteiger partial charge on any atom is 0.416 e. The van der Waals surface area contributed by atoms with E-state index in [2.05, 4.69) is 20.6 Å². The van der Waals surface area contributed by atoms with Crippen LogP contribution < -0.4 is 5.32 Å². The maximum atomic E-state index is 13.0. The molecule has 0 unspecified atom stereocenters. The van der Waals surface area contributed by atoms with Crippen molar-refractivity contribution in [1.29, 1.82) is 0 Å². The molecule has 164 valence electrons. The number of ketones is 1. The average molecular weight is 451 g/mol. The minimum Gasteiger partial charge on any atom is -0.294 e. The summed E-state index contributed by atoms with van der Waals surface area (Å²) in [6, 6.07) is 4.58. The number of hydrogen-bond acceptors (Lipinski definition) is 6. The number of hydrogen-bond donors (Lipinski definition) is 1. The second-order valence-corrected chi connectivity index (χ2v) is 8.93. The molecule has 31 heavy (non-hydrogen) atoms. The summed E-state index contributed by atoms with van der Waals surface area (Å²) in [6.07, 6.45) is -4.52. The number of amides is 1. The quantitative estimate of drug-likeness (QED) is 0.467. The Morgan fingerprint density at radius 2 is 1.77 bits per heavy atom. The first kappa shape index (κ1) is 22.6. The Morgan fingerprint density at radius 3 is 2.35 bits per heavy atom. The zero-order valence-corrected chi connectivity index (χ0v) is 18.3. The van der Waals surface area contributed by atoms with Gasteiger partial charge in [-0.05, 0) is 32.0 Å². The molecule has 0 aliphatic rings. The second kappa shape index (κ2) is 7.88. The van der Waals surface area contributed by atoms with Gasteiger partial charge in [-0.3, -0.25) is 14.9 Å². The summed E-state index contributed by atoms with van der Waals surface area (Å²) in [5.74, 6) is -1.79. The Hall–Kier alpha value is -3.08. The fourth-order valence-corrected chi connectivity index (χ4v) is 3.68. The number of halogens is 3. The van der Waals surface area contributed by atoms with Crippen molar-refractivity contribution in [3.05, 3.63) is 51.8 Å². The van der Waals surface area contributed by atoms with E-state index >= 15 is 0 Å². The molecule has 2 heterocycles. The van der Waals surface area contributed by atoms with Gasteiger partial charge in [0.2, 0.25) is 5.13 Å². The van der Waals surface area contributed by atoms with Gasteiger partial charge in [-0.25, -0.2) is 4.68 Å². The minimum atomic E-state index is -4.52. The van der Waals surface area contributed by atoms with Crippen molar-refractivity contribution in [1.82, 2.24) is 20.0 Å². The molecular formula is C20H20F3N5O2S. The summed E-state index contributed by atoms with van der Waals surface area (Å²) in [4.78, 5) is 25.3. The van der Waals surface area contributed by atoms with E-state index in [1.54, 1.807) is 0 Å². The van der Waals surface area contributed by atoms with Crippen molar-refractivity contribution in [3.63, 3.8) is 0 Å². The van der Waals surface area contributed by atoms with Crippen molar-refractivity contribution >= 4 is 28.2 Å². The van der Waals surface area contributed by atoms with E-state index < -0.39 is 23.4 Å². The lowest BCUT2D eigenvalue weighted by Gasteiger charge is -2.12. The minimum absolute atomic E-state index is 0.0236. The number of nitrogens with one attached hydrogen (secondary N) is 1. The number of carbonyl (C=O) groups is 2. The number of alkyl halides is 3. The number of Topliss-reactive ketones (excluding diaryl/α,β-unsaturated/α-hetero) is 1. The summed E-state index contributed by atoms with van der Waals surface area (Å²) in [5.41, 5.74) is -0.463. The molecule has 0 radical (unpaired) electrons. The van der Waals surface area contributed by atoms with Gasteiger partial charge in [0.1, 0.15) is 5.01 Å². The summed E-state index contributed by atoms with van der Waals surface area (Å²) in [5, 5.41) is 15.4. The number of carbonyl (C=O) groups excluding carboxylic acids is 2. The molecule has 0 atom stereocenters. The second-order valence-electron chi connectivity index (χ2n) is 7.95. The van der Waals surface area contributed by atoms with E-state index in [9.17, 15) is 22.8 Å². The molecule has 1 amide bonds. The van der Waals surface area contributed by atoms with Crippen LogP contribution in [0.4, 0.5) is 18.3 Å². The monoisotopic (exact) mass is 451 g/mol. The first-order valence-corrected chi connectivity index (χ1v) is 10.0. The van der Waals surface area contributed by atoms with Crippen LogP contribution in [0.25, 0.3) is 5.69 Å². The largest absolute Gasteiger partial charge is 0.416 e. The molecule has 0 saturated carbocycles. The molecule has 7 nitrogen and oxygen atoms in total. The summed E-state index contributed by atoms with van der Waals surface area (Å²) in [6.45, 7) is 8.86. The molecule has 0 aliphatic heterocycles. The number of aryl methyl sites for hydroxylation is 1. The molecule has 0 spiro atoms. The molecule has 11 heteroatoms. The lowest BCUT2D eigenvalue weighted by Crippen LogP contribution is -2.24. The Morgan fingerprint density at radius 1 is 1.10 bits per heavy atom. The predicted molar refractivity (Wildman–Crippen MR) is 110 cm³/mol. The van der Waals surface area contributed by atoms with Crippen LogP contribution in [0, 0.1) is 13.8 Å². The van der Waals surface area contributed by atoms with Gasteiger partial charge in [0.15, 0.2) is 0 Å². The number of aromatic nitrogens is 4. The predicted octanol–water partition coefficient (Wildman–Crippen LogP) is 4.48. The van der Waals surface area contributed by atoms with Gasteiger partial charge in [-0.15, -0.1) is 10.2 Å². The number of anilines is 1. The molecule has 1 N–H and O–H groups in total. The third-order valence-electron chi connectivity index (χ3n) is 4.43. The molecule has 1 aromatic carbocycles. The van der Waals surface area contributed by atoms with Crippen molar-refractivity contribution in [3.8, 4) is 5.69 Å². The summed E-state index contributed by atoms with van der Waals surface area (Å²) < 4.78 is 40.3. The Bertz CT molecular complexity index is 1160. The zero-order chi connectivity index (χ0) is 23.1. The first-order valence-electron chi connectivity index (χ1n) is 9.22. The van der Waals surface area contributed by atoms with Crippen LogP contribution in [-0.4, -0.2) is 31.7 Å². The summed E-state index contributed by atoms with van der Waals surface area (Å²) >= 11 is 1.16. The fraction of sp³-hybridized carbons (Fsp3) is 0.350. The highest BCUT2D eigenvalue weighted by molar-refractivity contribution is 7.15. The molecule has 0 saturated heterocycles. The van der Waals surface area contributed by atoms with Crippen molar-refractivity contribution in [2.24, 2.45) is 0 Å². The standard InChI is InChI=1S/C20H20F3N5O2S/c1-10-14(15(29)16(30)24-18-26-25-17(31-18)19(3,4)5)11(2)28(27-10)13-8-6-7-12(9-13)20(21,22)23/h6-9H,1-5H3,(H,24,26,30). The molecule has 3 aromatic rings. The van der Waals surface area contributed by atoms with Gasteiger partial charge in [0, 0.05) is 5.41 Å². The Labute approximate surface area is 180 Å². The summed E-state index contributed by atoms with van der Waals surface area (Å²) in [7, 11) is 0. The van der Waals surface area contributed by atoms with E-state index in [4.69, 9.17) is 0 Å². The van der Waals surface area contributed by atoms with Gasteiger partial charge in [0.25, 0.3) is 11.7 Å². The van der Waals surface area contributed by atoms with Crippen LogP contribution in [0.15, 0.2) is 24.3 Å². The van der Waals surface area contributed by atoms with Crippen LogP contribution >= 0.6 is 11.3 Å². The lowest BCUT2D eigenvalue weighted by molar-refractivity contribution is -0.137. The van der Waals surface area contributed by atoms with Crippen molar-refractivity contribution in [2.75, 3.05) is 5.32 Å². The van der Waals surface area contributed by atoms with E-state index in [1.807, 2.05) is 20.8 Å². The van der Waals surface area contributed by atoms with Gasteiger partial charge in [-0.2, -0.15) is 18.3 Å². The van der Waals surface area contributed by atoms with Crippen LogP contribution in [0.5, 0.6) is 0 Å². The van der Waals surface area contributed by atoms with E-state index in [-0.39, 0.29) is 33.2 Å². The zero-order valence-electron chi connectivity index (χ0n) is 17.5. The highest BCUT2D eigenvalue weighted by atomic mass is 32.1. The highest BCUT2D eigenvalue weighted by Gasteiger charge is 2.31. The van der Waals surface area contributed by atoms with Crippen molar-refractivity contribution in [2.45, 2.75) is 46.2 Å². The van der Waals surface area contributed by atoms with E-state index in [0.29, 0.717) is 5.01 Å². The van der Waals surface area contributed by atoms with E-state index in [0.717, 1.165) is 23.5 Å².